The smallest absolute Gasteiger partial charge is 0.270 e. The van der Waals surface area contributed by atoms with Gasteiger partial charge < -0.3 is 5.32 Å². The Bertz CT molecular complexity index is 582. The van der Waals surface area contributed by atoms with E-state index in [0.29, 0.717) is 11.0 Å². The Balaban J connectivity index is 2.08. The zero-order valence-electron chi connectivity index (χ0n) is 9.63. The van der Waals surface area contributed by atoms with Crippen LogP contribution in [-0.2, 0) is 13.6 Å². The molecule has 0 aliphatic carbocycles. The van der Waals surface area contributed by atoms with Gasteiger partial charge in [-0.25, -0.2) is 0 Å². The number of nitro groups is 1. The molecule has 0 spiro atoms. The molecule has 0 amide bonds. The minimum atomic E-state index is -0.423. The summed E-state index contributed by atoms with van der Waals surface area (Å²) in [6.45, 7) is 0.567. The van der Waals surface area contributed by atoms with Gasteiger partial charge >= 0.3 is 0 Å². The summed E-state index contributed by atoms with van der Waals surface area (Å²) in [6, 6.07) is 6.52. The van der Waals surface area contributed by atoms with Crippen molar-refractivity contribution in [3.8, 4) is 0 Å². The lowest BCUT2D eigenvalue weighted by molar-refractivity contribution is -0.384. The lowest BCUT2D eigenvalue weighted by atomic mass is 10.3. The second-order valence-corrected chi connectivity index (χ2v) is 4.61. The second-order valence-electron chi connectivity index (χ2n) is 3.76. The van der Waals surface area contributed by atoms with Crippen molar-refractivity contribution in [3.63, 3.8) is 0 Å². The number of aryl methyl sites for hydroxylation is 1. The van der Waals surface area contributed by atoms with Crippen molar-refractivity contribution in [2.45, 2.75) is 6.54 Å². The highest BCUT2D eigenvalue weighted by atomic mass is 79.9. The molecule has 1 aromatic heterocycles. The van der Waals surface area contributed by atoms with Gasteiger partial charge in [-0.05, 0) is 28.1 Å². The molecule has 0 bridgehead atoms. The normalized spacial score (nSPS) is 10.3. The van der Waals surface area contributed by atoms with Gasteiger partial charge in [0.1, 0.15) is 0 Å². The van der Waals surface area contributed by atoms with Crippen LogP contribution in [0.3, 0.4) is 0 Å². The molecule has 0 atom stereocenters. The maximum Gasteiger partial charge on any atom is 0.270 e. The summed E-state index contributed by atoms with van der Waals surface area (Å²) in [6.07, 6.45) is 1.86. The Labute approximate surface area is 112 Å². The lowest BCUT2D eigenvalue weighted by Crippen LogP contribution is -2.02. The van der Waals surface area contributed by atoms with Gasteiger partial charge in [0, 0.05) is 35.5 Å². The van der Waals surface area contributed by atoms with E-state index >= 15 is 0 Å². The van der Waals surface area contributed by atoms with Gasteiger partial charge in [0.15, 0.2) is 0 Å². The number of non-ortho nitro benzene ring substituents is 1. The quantitative estimate of drug-likeness (QED) is 0.696. The van der Waals surface area contributed by atoms with Crippen LogP contribution >= 0.6 is 15.9 Å². The van der Waals surface area contributed by atoms with Crippen LogP contribution in [0.15, 0.2) is 34.9 Å². The van der Waals surface area contributed by atoms with Crippen molar-refractivity contribution in [3.05, 3.63) is 50.7 Å². The SMILES string of the molecule is Cn1ccc(CNc2ccc([N+](=O)[O-])cc2Br)n1. The largest absolute Gasteiger partial charge is 0.378 e. The fourth-order valence-corrected chi connectivity index (χ4v) is 2.01. The molecule has 94 valence electrons. The molecule has 6 nitrogen and oxygen atoms in total. The average Bonchev–Trinajstić information content (AvgIpc) is 2.73. The number of hydrogen-bond donors (Lipinski definition) is 1. The molecule has 0 unspecified atom stereocenters. The molecule has 0 fully saturated rings. The molecule has 1 heterocycles. The summed E-state index contributed by atoms with van der Waals surface area (Å²) >= 11 is 3.30. The number of halogens is 1. The van der Waals surface area contributed by atoms with Crippen LogP contribution in [0.5, 0.6) is 0 Å². The van der Waals surface area contributed by atoms with E-state index in [1.165, 1.54) is 12.1 Å². The van der Waals surface area contributed by atoms with Crippen molar-refractivity contribution < 1.29 is 4.92 Å². The van der Waals surface area contributed by atoms with E-state index in [-0.39, 0.29) is 5.69 Å². The number of nitro benzene ring substituents is 1. The Hall–Kier alpha value is -1.89. The number of benzene rings is 1. The second kappa shape index (κ2) is 5.18. The van der Waals surface area contributed by atoms with Crippen LogP contribution in [0.4, 0.5) is 11.4 Å². The van der Waals surface area contributed by atoms with Crippen LogP contribution in [0.25, 0.3) is 0 Å². The fourth-order valence-electron chi connectivity index (χ4n) is 1.50. The van der Waals surface area contributed by atoms with Crippen LogP contribution in [0.1, 0.15) is 5.69 Å². The summed E-state index contributed by atoms with van der Waals surface area (Å²) in [4.78, 5) is 10.2. The third kappa shape index (κ3) is 2.86. The molecule has 2 rings (SSSR count). The highest BCUT2D eigenvalue weighted by molar-refractivity contribution is 9.10. The number of anilines is 1. The van der Waals surface area contributed by atoms with Crippen LogP contribution in [0, 0.1) is 10.1 Å². The Morgan fingerprint density at radius 3 is 2.83 bits per heavy atom. The van der Waals surface area contributed by atoms with E-state index in [0.717, 1.165) is 11.4 Å². The van der Waals surface area contributed by atoms with Gasteiger partial charge in [-0.1, -0.05) is 0 Å². The van der Waals surface area contributed by atoms with E-state index in [1.807, 2.05) is 19.3 Å². The first kappa shape index (κ1) is 12.6. The number of rotatable bonds is 4. The van der Waals surface area contributed by atoms with Crippen molar-refractivity contribution >= 4 is 27.3 Å². The van der Waals surface area contributed by atoms with Crippen LogP contribution in [0.2, 0.25) is 0 Å². The van der Waals surface area contributed by atoms with Crippen molar-refractivity contribution in [1.82, 2.24) is 9.78 Å². The van der Waals surface area contributed by atoms with Gasteiger partial charge in [0.25, 0.3) is 5.69 Å². The predicted molar refractivity (Wildman–Crippen MR) is 71.3 cm³/mol. The van der Waals surface area contributed by atoms with Gasteiger partial charge in [0.05, 0.1) is 17.2 Å². The molecule has 0 aliphatic rings. The topological polar surface area (TPSA) is 73.0 Å². The van der Waals surface area contributed by atoms with Gasteiger partial charge in [0.2, 0.25) is 0 Å². The summed E-state index contributed by atoms with van der Waals surface area (Å²) in [5.41, 5.74) is 1.76. The standard InChI is InChI=1S/C11H11BrN4O2/c1-15-5-4-8(14-15)7-13-11-3-2-9(16(17)18)6-10(11)12/h2-6,13H,7H2,1H3. The molecular weight excluding hydrogens is 300 g/mol. The van der Waals surface area contributed by atoms with E-state index in [4.69, 9.17) is 0 Å². The predicted octanol–water partition coefficient (Wildman–Crippen LogP) is 2.70. The monoisotopic (exact) mass is 310 g/mol. The third-order valence-electron chi connectivity index (χ3n) is 2.39. The lowest BCUT2D eigenvalue weighted by Gasteiger charge is -2.06. The van der Waals surface area contributed by atoms with Gasteiger partial charge in [-0.2, -0.15) is 5.10 Å². The molecule has 0 aliphatic heterocycles. The van der Waals surface area contributed by atoms with Crippen LogP contribution in [-0.4, -0.2) is 14.7 Å². The summed E-state index contributed by atoms with van der Waals surface area (Å²) in [5.74, 6) is 0. The number of aromatic nitrogens is 2. The summed E-state index contributed by atoms with van der Waals surface area (Å²) < 4.78 is 2.38. The van der Waals surface area contributed by atoms with Crippen molar-refractivity contribution in [1.29, 1.82) is 0 Å². The number of nitrogens with zero attached hydrogens (tertiary/aromatic N) is 3. The third-order valence-corrected chi connectivity index (χ3v) is 3.05. The first-order chi connectivity index (χ1) is 8.56. The Kier molecular flexibility index (Phi) is 3.61. The molecule has 0 saturated heterocycles. The summed E-state index contributed by atoms with van der Waals surface area (Å²) in [5, 5.41) is 18.0. The molecule has 1 aromatic carbocycles. The van der Waals surface area contributed by atoms with E-state index in [2.05, 4.69) is 26.3 Å². The highest BCUT2D eigenvalue weighted by Gasteiger charge is 2.09. The number of nitrogens with one attached hydrogen (secondary N) is 1. The zero-order chi connectivity index (χ0) is 13.1. The fraction of sp³-hybridized carbons (Fsp3) is 0.182. The first-order valence-electron chi connectivity index (χ1n) is 5.22. The minimum Gasteiger partial charge on any atom is -0.378 e. The van der Waals surface area contributed by atoms with E-state index in [1.54, 1.807) is 10.7 Å². The zero-order valence-corrected chi connectivity index (χ0v) is 11.2. The maximum atomic E-state index is 10.6. The molecule has 1 N–H and O–H groups in total. The van der Waals surface area contributed by atoms with E-state index in [9.17, 15) is 10.1 Å². The van der Waals surface area contributed by atoms with Crippen molar-refractivity contribution in [2.24, 2.45) is 7.05 Å². The Morgan fingerprint density at radius 2 is 2.28 bits per heavy atom. The number of hydrogen-bond acceptors (Lipinski definition) is 4. The van der Waals surface area contributed by atoms with Gasteiger partial charge in [-0.15, -0.1) is 0 Å². The molecule has 18 heavy (non-hydrogen) atoms. The summed E-state index contributed by atoms with van der Waals surface area (Å²) in [7, 11) is 1.85. The van der Waals surface area contributed by atoms with Gasteiger partial charge in [-0.3, -0.25) is 14.8 Å². The Morgan fingerprint density at radius 1 is 1.50 bits per heavy atom. The average molecular weight is 311 g/mol. The molecule has 7 heteroatoms. The molecule has 0 radical (unpaired) electrons. The van der Waals surface area contributed by atoms with Crippen molar-refractivity contribution in [2.75, 3.05) is 5.32 Å². The minimum absolute atomic E-state index is 0.0604. The van der Waals surface area contributed by atoms with E-state index < -0.39 is 4.92 Å². The molecule has 2 aromatic rings. The first-order valence-corrected chi connectivity index (χ1v) is 6.02. The highest BCUT2D eigenvalue weighted by Crippen LogP contribution is 2.27. The maximum absolute atomic E-state index is 10.6. The van der Waals surface area contributed by atoms with Crippen LogP contribution < -0.4 is 5.32 Å². The molecular formula is C11H11BrN4O2. The molecule has 0 saturated carbocycles.